The highest BCUT2D eigenvalue weighted by Gasteiger charge is 2.57. The molecule has 0 bridgehead atoms. The molecule has 0 radical (unpaired) electrons. The van der Waals surface area contributed by atoms with Gasteiger partial charge >= 0.3 is 0 Å². The number of fused-ring (bicyclic) bond motifs is 5. The number of alkyl halides is 1. The average molecular weight is 436 g/mol. The Morgan fingerprint density at radius 1 is 1.33 bits per heavy atom. The lowest BCUT2D eigenvalue weighted by Gasteiger charge is -2.54. The summed E-state index contributed by atoms with van der Waals surface area (Å²) in [6, 6.07) is 5.88. The molecule has 1 aromatic rings. The largest absolute Gasteiger partial charge is 0.508 e. The zero-order chi connectivity index (χ0) is 19.2. The molecule has 148 valence electrons. The minimum Gasteiger partial charge on any atom is -0.508 e. The van der Waals surface area contributed by atoms with Gasteiger partial charge in [-0.25, -0.2) is 0 Å². The molecule has 3 aliphatic carbocycles. The Kier molecular flexibility index (Phi) is 5.28. The predicted molar refractivity (Wildman–Crippen MR) is 109 cm³/mol. The summed E-state index contributed by atoms with van der Waals surface area (Å²) in [4.78, 5) is 11.6. The monoisotopic (exact) mass is 435 g/mol. The molecule has 5 heteroatoms. The van der Waals surface area contributed by atoms with Gasteiger partial charge in [-0.3, -0.25) is 4.79 Å². The van der Waals surface area contributed by atoms with Crippen molar-refractivity contribution in [1.29, 1.82) is 0 Å². The molecular weight excluding hydrogens is 406 g/mol. The predicted octanol–water partition coefficient (Wildman–Crippen LogP) is 3.74. The van der Waals surface area contributed by atoms with Crippen LogP contribution in [-0.4, -0.2) is 34.1 Å². The summed E-state index contributed by atoms with van der Waals surface area (Å²) < 4.78 is 0. The second-order valence-electron chi connectivity index (χ2n) is 9.05. The van der Waals surface area contributed by atoms with Crippen LogP contribution >= 0.6 is 15.9 Å². The van der Waals surface area contributed by atoms with E-state index in [1.807, 2.05) is 12.1 Å². The summed E-state index contributed by atoms with van der Waals surface area (Å²) in [6.45, 7) is 2.98. The van der Waals surface area contributed by atoms with E-state index in [1.54, 1.807) is 0 Å². The summed E-state index contributed by atoms with van der Waals surface area (Å²) in [5.41, 5.74) is 2.68. The number of aryl methyl sites for hydroxylation is 1. The number of aliphatic hydroxyl groups is 1. The van der Waals surface area contributed by atoms with Crippen LogP contribution in [0.15, 0.2) is 18.2 Å². The number of benzene rings is 1. The Morgan fingerprint density at radius 2 is 2.15 bits per heavy atom. The highest BCUT2D eigenvalue weighted by molar-refractivity contribution is 9.09. The van der Waals surface area contributed by atoms with Crippen LogP contribution in [0.3, 0.4) is 0 Å². The Balaban J connectivity index is 1.64. The number of amides is 1. The first-order chi connectivity index (χ1) is 12.9. The van der Waals surface area contributed by atoms with Gasteiger partial charge in [0.2, 0.25) is 5.91 Å². The van der Waals surface area contributed by atoms with Gasteiger partial charge in [0.1, 0.15) is 5.75 Å². The van der Waals surface area contributed by atoms with Gasteiger partial charge in [-0.05, 0) is 90.9 Å². The Hall–Kier alpha value is -1.07. The van der Waals surface area contributed by atoms with Gasteiger partial charge in [0.05, 0.1) is 11.4 Å². The Bertz CT molecular complexity index is 724. The van der Waals surface area contributed by atoms with Crippen LogP contribution in [0.4, 0.5) is 0 Å². The summed E-state index contributed by atoms with van der Waals surface area (Å²) in [7, 11) is 0. The molecule has 0 unspecified atom stereocenters. The summed E-state index contributed by atoms with van der Waals surface area (Å²) in [5.74, 6) is 2.47. The van der Waals surface area contributed by atoms with Crippen LogP contribution in [0.1, 0.15) is 56.1 Å². The van der Waals surface area contributed by atoms with E-state index < -0.39 is 0 Å². The third-order valence-electron chi connectivity index (χ3n) is 7.74. The molecule has 3 aliphatic rings. The van der Waals surface area contributed by atoms with Crippen molar-refractivity contribution in [3.63, 3.8) is 0 Å². The van der Waals surface area contributed by atoms with Gasteiger partial charge in [-0.15, -0.1) is 0 Å². The molecule has 2 fully saturated rings. The molecule has 0 aromatic heterocycles. The van der Waals surface area contributed by atoms with Gasteiger partial charge in [0, 0.05) is 6.54 Å². The number of phenols is 1. The number of rotatable bonds is 4. The normalized spacial score (nSPS) is 37.2. The van der Waals surface area contributed by atoms with Crippen molar-refractivity contribution in [2.75, 3.05) is 11.9 Å². The third kappa shape index (κ3) is 3.31. The van der Waals surface area contributed by atoms with E-state index in [9.17, 15) is 15.0 Å². The van der Waals surface area contributed by atoms with Crippen LogP contribution in [0.25, 0.3) is 0 Å². The standard InChI is InChI=1S/C22H30BrNO3/c1-22-11-14(8-9-24-20(27)12-23)21-16-5-3-15(25)10-13(16)2-4-17(21)18(22)6-7-19(22)26/h3,5,10,14,17-19,21,25-26H,2,4,6-9,11-12H2,1H3,(H,24,27)/t14-,17-,18-,19-,21+,22-/m0/s1. The smallest absolute Gasteiger partial charge is 0.230 e. The van der Waals surface area contributed by atoms with Gasteiger partial charge in [-0.2, -0.15) is 0 Å². The summed E-state index contributed by atoms with van der Waals surface area (Å²) in [5, 5.41) is 24.0. The van der Waals surface area contributed by atoms with Crippen molar-refractivity contribution >= 4 is 21.8 Å². The van der Waals surface area contributed by atoms with E-state index in [0.717, 1.165) is 38.5 Å². The summed E-state index contributed by atoms with van der Waals surface area (Å²) >= 11 is 3.21. The maximum Gasteiger partial charge on any atom is 0.230 e. The van der Waals surface area contributed by atoms with Gasteiger partial charge < -0.3 is 15.5 Å². The van der Waals surface area contributed by atoms with Gasteiger partial charge in [0.25, 0.3) is 0 Å². The zero-order valence-corrected chi connectivity index (χ0v) is 17.5. The van der Waals surface area contributed by atoms with Crippen LogP contribution < -0.4 is 5.32 Å². The van der Waals surface area contributed by atoms with Crippen LogP contribution in [0.5, 0.6) is 5.75 Å². The van der Waals surface area contributed by atoms with Crippen molar-refractivity contribution in [2.24, 2.45) is 23.2 Å². The molecule has 1 amide bonds. The van der Waals surface area contributed by atoms with E-state index in [-0.39, 0.29) is 17.4 Å². The fraction of sp³-hybridized carbons (Fsp3) is 0.682. The topological polar surface area (TPSA) is 69.6 Å². The fourth-order valence-corrected chi connectivity index (χ4v) is 6.77. The first kappa shape index (κ1) is 19.3. The number of carbonyl (C=O) groups is 1. The second kappa shape index (κ2) is 7.40. The number of nitrogens with one attached hydrogen (secondary N) is 1. The molecule has 0 aliphatic heterocycles. The van der Waals surface area contributed by atoms with Crippen LogP contribution in [0, 0.1) is 23.2 Å². The number of aliphatic hydroxyl groups excluding tert-OH is 1. The molecule has 4 nitrogen and oxygen atoms in total. The fourth-order valence-electron chi connectivity index (χ4n) is 6.57. The molecule has 1 aromatic carbocycles. The van der Waals surface area contributed by atoms with Crippen molar-refractivity contribution in [3.05, 3.63) is 29.3 Å². The van der Waals surface area contributed by atoms with Gasteiger partial charge in [0.15, 0.2) is 0 Å². The van der Waals surface area contributed by atoms with Crippen molar-refractivity contribution in [1.82, 2.24) is 5.32 Å². The minimum absolute atomic E-state index is 0.000310. The third-order valence-corrected chi connectivity index (χ3v) is 8.25. The van der Waals surface area contributed by atoms with Crippen LogP contribution in [-0.2, 0) is 11.2 Å². The molecule has 0 saturated heterocycles. The van der Waals surface area contributed by atoms with Crippen LogP contribution in [0.2, 0.25) is 0 Å². The molecule has 0 spiro atoms. The second-order valence-corrected chi connectivity index (χ2v) is 9.61. The zero-order valence-electron chi connectivity index (χ0n) is 16.0. The van der Waals surface area contributed by atoms with E-state index in [2.05, 4.69) is 34.2 Å². The number of aromatic hydroxyl groups is 1. The lowest BCUT2D eigenvalue weighted by atomic mass is 9.51. The van der Waals surface area contributed by atoms with Crippen molar-refractivity contribution < 1.29 is 15.0 Å². The lowest BCUT2D eigenvalue weighted by Crippen LogP contribution is -2.48. The first-order valence-electron chi connectivity index (χ1n) is 10.3. The number of phenolic OH excluding ortho intramolecular Hbond substituents is 1. The maximum atomic E-state index is 11.6. The van der Waals surface area contributed by atoms with E-state index in [1.165, 1.54) is 11.1 Å². The van der Waals surface area contributed by atoms with Gasteiger partial charge in [-0.1, -0.05) is 28.9 Å². The van der Waals surface area contributed by atoms with Crippen molar-refractivity contribution in [2.45, 2.75) is 57.5 Å². The molecule has 4 rings (SSSR count). The number of hydrogen-bond donors (Lipinski definition) is 3. The number of halogens is 1. The summed E-state index contributed by atoms with van der Waals surface area (Å²) in [6.07, 6.45) is 5.95. The molecule has 2 saturated carbocycles. The Labute approximate surface area is 169 Å². The highest BCUT2D eigenvalue weighted by atomic mass is 79.9. The molecule has 6 atom stereocenters. The SMILES string of the molecule is C[C@]12C[C@H](CCNC(=O)CBr)[C@@H]3c4ccc(O)cc4CC[C@H]3[C@@H]1CC[C@@H]2O. The average Bonchev–Trinajstić information content (AvgIpc) is 2.95. The molecule has 27 heavy (non-hydrogen) atoms. The van der Waals surface area contributed by atoms with E-state index in [4.69, 9.17) is 0 Å². The highest BCUT2D eigenvalue weighted by Crippen LogP contribution is 2.63. The quantitative estimate of drug-likeness (QED) is 0.630. The first-order valence-corrected chi connectivity index (χ1v) is 11.4. The molecular formula is C22H30BrNO3. The molecule has 0 heterocycles. The van der Waals surface area contributed by atoms with Crippen molar-refractivity contribution in [3.8, 4) is 5.75 Å². The maximum absolute atomic E-state index is 11.6. The Morgan fingerprint density at radius 3 is 2.93 bits per heavy atom. The lowest BCUT2D eigenvalue weighted by molar-refractivity contribution is -0.118. The van der Waals surface area contributed by atoms with E-state index >= 15 is 0 Å². The number of carbonyl (C=O) groups excluding carboxylic acids is 1. The minimum atomic E-state index is -0.204. The molecule has 3 N–H and O–H groups in total. The number of hydrogen-bond acceptors (Lipinski definition) is 3. The van der Waals surface area contributed by atoms with E-state index in [0.29, 0.717) is 41.3 Å².